The van der Waals surface area contributed by atoms with Crippen LogP contribution in [-0.2, 0) is 4.79 Å². The summed E-state index contributed by atoms with van der Waals surface area (Å²) in [7, 11) is 1.53. The van der Waals surface area contributed by atoms with Crippen LogP contribution in [0.5, 0.6) is 5.75 Å². The largest absolute Gasteiger partial charge is 0.495 e. The number of carbonyl (C=O) groups is 1. The number of amides is 1. The minimum atomic E-state index is -0.330. The van der Waals surface area contributed by atoms with Crippen LogP contribution < -0.4 is 19.5 Å². The summed E-state index contributed by atoms with van der Waals surface area (Å²) < 4.78 is 7.69. The summed E-state index contributed by atoms with van der Waals surface area (Å²) in [5, 5.41) is 9.92. The van der Waals surface area contributed by atoms with Gasteiger partial charge in [0.15, 0.2) is 5.57 Å². The summed E-state index contributed by atoms with van der Waals surface area (Å²) in [5.41, 5.74) is 0.208. The molecule has 1 saturated heterocycles. The van der Waals surface area contributed by atoms with Crippen LogP contribution in [0.15, 0.2) is 41.2 Å². The first kappa shape index (κ1) is 21.1. The molecule has 0 radical (unpaired) electrons. The van der Waals surface area contributed by atoms with Crippen molar-refractivity contribution < 1.29 is 9.53 Å². The van der Waals surface area contributed by atoms with E-state index in [9.17, 15) is 14.9 Å². The lowest BCUT2D eigenvalue weighted by atomic mass is 10.2. The first-order chi connectivity index (χ1) is 15.0. The molecule has 158 valence electrons. The van der Waals surface area contributed by atoms with Gasteiger partial charge in [0, 0.05) is 22.8 Å². The highest BCUT2D eigenvalue weighted by atomic mass is 32.1. The number of para-hydroxylation sites is 2. The Kier molecular flexibility index (Phi) is 6.07. The fourth-order valence-electron chi connectivity index (χ4n) is 3.61. The lowest BCUT2D eigenvalue weighted by Crippen LogP contribution is -2.35. The van der Waals surface area contributed by atoms with E-state index in [-0.39, 0.29) is 17.0 Å². The third kappa shape index (κ3) is 4.07. The van der Waals surface area contributed by atoms with E-state index >= 15 is 0 Å². The Labute approximate surface area is 187 Å². The maximum absolute atomic E-state index is 13.5. The fourth-order valence-corrected chi connectivity index (χ4v) is 5.58. The Bertz CT molecular complexity index is 1350. The van der Waals surface area contributed by atoms with Crippen LogP contribution >= 0.6 is 22.7 Å². The topological polar surface area (TPSA) is 75.3 Å². The summed E-state index contributed by atoms with van der Waals surface area (Å²) >= 11 is 2.75. The Morgan fingerprint density at radius 1 is 1.16 bits per heavy atom. The number of ether oxygens (including phenoxy) is 1. The molecular formula is C23H21N3O3S2. The van der Waals surface area contributed by atoms with E-state index < -0.39 is 0 Å². The van der Waals surface area contributed by atoms with Crippen molar-refractivity contribution in [1.82, 2.24) is 9.47 Å². The van der Waals surface area contributed by atoms with E-state index in [1.165, 1.54) is 11.7 Å². The number of likely N-dealkylation sites (tertiary alicyclic amines) is 1. The first-order valence-electron chi connectivity index (χ1n) is 9.90. The molecular weight excluding hydrogens is 430 g/mol. The third-order valence-corrected chi connectivity index (χ3v) is 7.16. The quantitative estimate of drug-likeness (QED) is 0.611. The number of thiophene rings is 1. The van der Waals surface area contributed by atoms with Gasteiger partial charge in [0.2, 0.25) is 0 Å². The van der Waals surface area contributed by atoms with E-state index in [1.807, 2.05) is 31.2 Å². The Balaban J connectivity index is 2.05. The lowest BCUT2D eigenvalue weighted by molar-refractivity contribution is -0.123. The predicted octanol–water partition coefficient (Wildman–Crippen LogP) is 2.40. The molecule has 1 amide bonds. The molecule has 0 atom stereocenters. The molecule has 3 aromatic rings. The third-order valence-electron chi connectivity index (χ3n) is 5.12. The molecule has 1 aliphatic heterocycles. The molecule has 4 rings (SSSR count). The molecule has 0 spiro atoms. The summed E-state index contributed by atoms with van der Waals surface area (Å²) in [4.78, 5) is 30.4. The standard InChI is InChI=1S/C23H21N3O3S2/c1-15-9-10-16(30-15)13-20-22(28)26(18-7-3-4-8-19(18)29-2)23(31-20)17(14-24)21(27)25-11-5-6-12-25/h3-4,7-10,13H,5-6,11-12H2,1-2H3/b20-13+,23-17-. The number of carbonyl (C=O) groups excluding carboxylic acids is 1. The fraction of sp³-hybridized carbons (Fsp3) is 0.261. The van der Waals surface area contributed by atoms with Crippen LogP contribution in [0.2, 0.25) is 0 Å². The van der Waals surface area contributed by atoms with Crippen molar-refractivity contribution in [3.05, 3.63) is 65.7 Å². The molecule has 0 aliphatic carbocycles. The summed E-state index contributed by atoms with van der Waals surface area (Å²) in [6.07, 6.45) is 3.66. The number of nitrogens with zero attached hydrogens (tertiary/aromatic N) is 3. The molecule has 6 nitrogen and oxygen atoms in total. The highest BCUT2D eigenvalue weighted by Crippen LogP contribution is 2.20. The minimum absolute atomic E-state index is 0.0167. The average Bonchev–Trinajstić information content (AvgIpc) is 3.51. The number of thiazole rings is 1. The smallest absolute Gasteiger partial charge is 0.273 e. The molecule has 0 bridgehead atoms. The molecule has 1 fully saturated rings. The van der Waals surface area contributed by atoms with Gasteiger partial charge in [-0.1, -0.05) is 12.1 Å². The van der Waals surface area contributed by atoms with Gasteiger partial charge in [-0.25, -0.2) is 0 Å². The number of aromatic nitrogens is 1. The minimum Gasteiger partial charge on any atom is -0.495 e. The zero-order chi connectivity index (χ0) is 22.0. The summed E-state index contributed by atoms with van der Waals surface area (Å²) in [6, 6.07) is 13.1. The average molecular weight is 452 g/mol. The van der Waals surface area contributed by atoms with E-state index in [4.69, 9.17) is 4.74 Å². The normalized spacial score (nSPS) is 15.1. The number of hydrogen-bond acceptors (Lipinski definition) is 6. The number of benzene rings is 1. The van der Waals surface area contributed by atoms with Crippen LogP contribution in [0.1, 0.15) is 22.6 Å². The van der Waals surface area contributed by atoms with Crippen LogP contribution in [0, 0.1) is 18.3 Å². The number of hydrogen-bond donors (Lipinski definition) is 0. The molecule has 0 saturated carbocycles. The SMILES string of the molecule is COc1ccccc1-n1c(=O)/c(=C\c2ccc(C)s2)s/c1=C(/C#N)C(=O)N1CCCC1. The van der Waals surface area contributed by atoms with Crippen LogP contribution in [-0.4, -0.2) is 35.6 Å². The highest BCUT2D eigenvalue weighted by molar-refractivity contribution is 7.13. The van der Waals surface area contributed by atoms with Gasteiger partial charge in [-0.2, -0.15) is 5.26 Å². The van der Waals surface area contributed by atoms with Gasteiger partial charge < -0.3 is 9.64 Å². The van der Waals surface area contributed by atoms with Crippen molar-refractivity contribution >= 4 is 40.2 Å². The first-order valence-corrected chi connectivity index (χ1v) is 11.5. The number of aryl methyl sites for hydroxylation is 1. The maximum atomic E-state index is 13.5. The molecule has 31 heavy (non-hydrogen) atoms. The van der Waals surface area contributed by atoms with Gasteiger partial charge in [0.05, 0.1) is 17.3 Å². The molecule has 0 N–H and O–H groups in total. The van der Waals surface area contributed by atoms with Crippen molar-refractivity contribution in [2.75, 3.05) is 20.2 Å². The Hall–Kier alpha value is -3.15. The van der Waals surface area contributed by atoms with E-state index in [2.05, 4.69) is 6.07 Å². The van der Waals surface area contributed by atoms with Crippen LogP contribution in [0.3, 0.4) is 0 Å². The van der Waals surface area contributed by atoms with Crippen molar-refractivity contribution in [2.24, 2.45) is 0 Å². The van der Waals surface area contributed by atoms with E-state index in [0.717, 1.165) is 33.9 Å². The van der Waals surface area contributed by atoms with E-state index in [0.29, 0.717) is 33.7 Å². The van der Waals surface area contributed by atoms with Crippen molar-refractivity contribution in [2.45, 2.75) is 19.8 Å². The molecule has 1 aromatic carbocycles. The highest BCUT2D eigenvalue weighted by Gasteiger charge is 2.25. The van der Waals surface area contributed by atoms with E-state index in [1.54, 1.807) is 34.4 Å². The van der Waals surface area contributed by atoms with Gasteiger partial charge in [-0.3, -0.25) is 14.2 Å². The van der Waals surface area contributed by atoms with Gasteiger partial charge in [-0.05, 0) is 50.1 Å². The molecule has 3 heterocycles. The number of nitriles is 1. The second-order valence-electron chi connectivity index (χ2n) is 7.16. The van der Waals surface area contributed by atoms with Gasteiger partial charge in [0.25, 0.3) is 11.5 Å². The molecule has 1 aliphatic rings. The van der Waals surface area contributed by atoms with Crippen molar-refractivity contribution in [1.29, 1.82) is 5.26 Å². The van der Waals surface area contributed by atoms with Gasteiger partial charge in [0.1, 0.15) is 16.5 Å². The van der Waals surface area contributed by atoms with Crippen LogP contribution in [0.25, 0.3) is 17.3 Å². The maximum Gasteiger partial charge on any atom is 0.273 e. The molecule has 0 unspecified atom stereocenters. The summed E-state index contributed by atoms with van der Waals surface area (Å²) in [6.45, 7) is 3.26. The zero-order valence-corrected chi connectivity index (χ0v) is 18.9. The van der Waals surface area contributed by atoms with Crippen molar-refractivity contribution in [3.63, 3.8) is 0 Å². The van der Waals surface area contributed by atoms with Gasteiger partial charge in [-0.15, -0.1) is 22.7 Å². The van der Waals surface area contributed by atoms with Crippen molar-refractivity contribution in [3.8, 4) is 17.5 Å². The second kappa shape index (κ2) is 8.92. The number of methoxy groups -OCH3 is 1. The second-order valence-corrected chi connectivity index (χ2v) is 9.51. The Morgan fingerprint density at radius 2 is 1.90 bits per heavy atom. The Morgan fingerprint density at radius 3 is 2.55 bits per heavy atom. The number of rotatable bonds is 4. The predicted molar refractivity (Wildman–Crippen MR) is 123 cm³/mol. The molecule has 8 heteroatoms. The molecule has 2 aromatic heterocycles. The lowest BCUT2D eigenvalue weighted by Gasteiger charge is -2.14. The van der Waals surface area contributed by atoms with Gasteiger partial charge >= 0.3 is 0 Å². The zero-order valence-electron chi connectivity index (χ0n) is 17.3. The van der Waals surface area contributed by atoms with Crippen LogP contribution in [0.4, 0.5) is 0 Å². The summed E-state index contributed by atoms with van der Waals surface area (Å²) in [5.74, 6) is 0.163. The monoisotopic (exact) mass is 451 g/mol.